The lowest BCUT2D eigenvalue weighted by Crippen LogP contribution is -2.50. The van der Waals surface area contributed by atoms with Crippen molar-refractivity contribution in [2.75, 3.05) is 18.6 Å². The van der Waals surface area contributed by atoms with E-state index >= 15 is 0 Å². The zero-order chi connectivity index (χ0) is 25.2. The Balaban J connectivity index is 1.45. The number of nitrogens with zero attached hydrogens (tertiary/aromatic N) is 3. The molecule has 0 bridgehead atoms. The monoisotopic (exact) mass is 476 g/mol. The topological polar surface area (TPSA) is 96.7 Å². The molecule has 0 saturated heterocycles. The molecule has 180 valence electrons. The van der Waals surface area contributed by atoms with E-state index in [0.717, 1.165) is 15.8 Å². The van der Waals surface area contributed by atoms with Gasteiger partial charge in [0.15, 0.2) is 0 Å². The van der Waals surface area contributed by atoms with Crippen molar-refractivity contribution in [1.29, 1.82) is 0 Å². The molecule has 0 unspecified atom stereocenters. The van der Waals surface area contributed by atoms with Gasteiger partial charge in [-0.25, -0.2) is 9.18 Å². The fourth-order valence-electron chi connectivity index (χ4n) is 3.52. The number of amides is 2. The average Bonchev–Trinajstić information content (AvgIpc) is 3.25. The molecule has 3 aromatic rings. The summed E-state index contributed by atoms with van der Waals surface area (Å²) in [5.74, 6) is 5.43. The van der Waals surface area contributed by atoms with E-state index < -0.39 is 17.7 Å². The molecule has 1 aromatic heterocycles. The van der Waals surface area contributed by atoms with Gasteiger partial charge in [0.1, 0.15) is 29.8 Å². The first kappa shape index (κ1) is 24.0. The summed E-state index contributed by atoms with van der Waals surface area (Å²) in [6.07, 6.45) is 3.59. The van der Waals surface area contributed by atoms with Gasteiger partial charge >= 0.3 is 6.03 Å². The molecule has 2 N–H and O–H groups in total. The number of rotatable bonds is 3. The molecule has 1 aliphatic heterocycles. The number of halogens is 1. The summed E-state index contributed by atoms with van der Waals surface area (Å²) in [5.41, 5.74) is 1.62. The summed E-state index contributed by atoms with van der Waals surface area (Å²) >= 11 is 0. The van der Waals surface area contributed by atoms with Crippen LogP contribution >= 0.6 is 0 Å². The average molecular weight is 477 g/mol. The Morgan fingerprint density at radius 2 is 2.00 bits per heavy atom. The van der Waals surface area contributed by atoms with Crippen LogP contribution in [0.5, 0.6) is 5.75 Å². The van der Waals surface area contributed by atoms with Gasteiger partial charge in [-0.15, -0.1) is 0 Å². The van der Waals surface area contributed by atoms with Crippen LogP contribution in [0.25, 0.3) is 0 Å². The third kappa shape index (κ3) is 5.86. The van der Waals surface area contributed by atoms with Crippen LogP contribution in [0, 0.1) is 17.7 Å². The van der Waals surface area contributed by atoms with Crippen molar-refractivity contribution in [3.63, 3.8) is 0 Å². The molecule has 0 radical (unpaired) electrons. The van der Waals surface area contributed by atoms with Gasteiger partial charge in [0.2, 0.25) is 0 Å². The molecule has 2 aromatic carbocycles. The first-order valence-electron chi connectivity index (χ1n) is 11.0. The lowest BCUT2D eigenvalue weighted by atomic mass is 10.1. The summed E-state index contributed by atoms with van der Waals surface area (Å²) in [6.45, 7) is 3.11. The summed E-state index contributed by atoms with van der Waals surface area (Å²) in [6, 6.07) is 9.72. The minimum Gasteiger partial charge on any atom is -0.489 e. The number of hydrogen-bond donors (Lipinski definition) is 2. The van der Waals surface area contributed by atoms with Crippen molar-refractivity contribution in [3.8, 4) is 17.6 Å². The van der Waals surface area contributed by atoms with Crippen molar-refractivity contribution in [3.05, 3.63) is 77.4 Å². The molecule has 0 aliphatic carbocycles. The molecule has 0 saturated carbocycles. The van der Waals surface area contributed by atoms with Crippen LogP contribution in [-0.2, 0) is 11.2 Å². The number of carbonyl (C=O) groups excluding carboxylic acids is 2. The Morgan fingerprint density at radius 1 is 1.26 bits per heavy atom. The molecule has 1 atom stereocenters. The second-order valence-corrected chi connectivity index (χ2v) is 8.80. The number of fused-ring (bicyclic) bond motifs is 1. The lowest BCUT2D eigenvalue weighted by Gasteiger charge is -2.20. The van der Waals surface area contributed by atoms with E-state index in [4.69, 9.17) is 4.74 Å². The summed E-state index contributed by atoms with van der Waals surface area (Å²) < 4.78 is 20.0. The first-order valence-corrected chi connectivity index (χ1v) is 11.0. The minimum absolute atomic E-state index is 0.0552. The van der Waals surface area contributed by atoms with E-state index in [1.807, 2.05) is 0 Å². The predicted octanol–water partition coefficient (Wildman–Crippen LogP) is 2.72. The zero-order valence-electron chi connectivity index (χ0n) is 19.6. The summed E-state index contributed by atoms with van der Waals surface area (Å²) in [7, 11) is 1.59. The van der Waals surface area contributed by atoms with Crippen LogP contribution in [0.4, 0.5) is 14.9 Å². The predicted molar refractivity (Wildman–Crippen MR) is 128 cm³/mol. The van der Waals surface area contributed by atoms with Crippen LogP contribution in [0.2, 0.25) is 0 Å². The Labute approximate surface area is 202 Å². The SMILES string of the molecule is CN1C(=O)[C@@H](NC(=O)n2cc(Cc3ccc(F)cc3)cn2)COc2ccc(C#CC(C)(C)O)cc21. The van der Waals surface area contributed by atoms with Crippen molar-refractivity contribution in [2.24, 2.45) is 0 Å². The van der Waals surface area contributed by atoms with Gasteiger partial charge in [-0.3, -0.25) is 4.79 Å². The van der Waals surface area contributed by atoms with Gasteiger partial charge in [0, 0.05) is 25.2 Å². The third-order valence-electron chi connectivity index (χ3n) is 5.33. The van der Waals surface area contributed by atoms with Crippen LogP contribution in [-0.4, -0.2) is 52.1 Å². The second-order valence-electron chi connectivity index (χ2n) is 8.80. The van der Waals surface area contributed by atoms with Gasteiger partial charge < -0.3 is 20.1 Å². The fraction of sp³-hybridized carbons (Fsp3) is 0.269. The fourth-order valence-corrected chi connectivity index (χ4v) is 3.52. The van der Waals surface area contributed by atoms with E-state index in [2.05, 4.69) is 22.3 Å². The molecule has 9 heteroatoms. The lowest BCUT2D eigenvalue weighted by molar-refractivity contribution is -0.120. The first-order chi connectivity index (χ1) is 16.6. The Morgan fingerprint density at radius 3 is 2.71 bits per heavy atom. The number of aliphatic hydroxyl groups is 1. The van der Waals surface area contributed by atoms with Crippen LogP contribution < -0.4 is 15.0 Å². The van der Waals surface area contributed by atoms with Crippen molar-refractivity contribution < 1.29 is 23.8 Å². The largest absolute Gasteiger partial charge is 0.489 e. The molecular formula is C26H25FN4O4. The molecule has 35 heavy (non-hydrogen) atoms. The number of carbonyl (C=O) groups is 2. The van der Waals surface area contributed by atoms with E-state index in [-0.39, 0.29) is 18.3 Å². The maximum Gasteiger partial charge on any atom is 0.342 e. The quantitative estimate of drug-likeness (QED) is 0.567. The number of anilines is 1. The highest BCUT2D eigenvalue weighted by atomic mass is 19.1. The zero-order valence-corrected chi connectivity index (χ0v) is 19.6. The highest BCUT2D eigenvalue weighted by Crippen LogP contribution is 2.31. The summed E-state index contributed by atoms with van der Waals surface area (Å²) in [4.78, 5) is 27.2. The second kappa shape index (κ2) is 9.60. The molecule has 0 fully saturated rings. The van der Waals surface area contributed by atoms with Crippen LogP contribution in [0.15, 0.2) is 54.9 Å². The van der Waals surface area contributed by atoms with Gasteiger partial charge in [-0.05, 0) is 55.3 Å². The minimum atomic E-state index is -1.15. The Hall–Kier alpha value is -4.16. The van der Waals surface area contributed by atoms with Gasteiger partial charge in [-0.1, -0.05) is 24.0 Å². The van der Waals surface area contributed by atoms with E-state index in [0.29, 0.717) is 23.4 Å². The number of hydrogen-bond acceptors (Lipinski definition) is 5. The Bertz CT molecular complexity index is 1320. The smallest absolute Gasteiger partial charge is 0.342 e. The van der Waals surface area contributed by atoms with E-state index in [1.54, 1.807) is 63.6 Å². The van der Waals surface area contributed by atoms with Gasteiger partial charge in [0.25, 0.3) is 5.91 Å². The third-order valence-corrected chi connectivity index (χ3v) is 5.33. The molecule has 4 rings (SSSR count). The molecule has 0 spiro atoms. The molecule has 1 aliphatic rings. The van der Waals surface area contributed by atoms with Crippen LogP contribution in [0.3, 0.4) is 0 Å². The van der Waals surface area contributed by atoms with Crippen molar-refractivity contribution in [2.45, 2.75) is 31.9 Å². The van der Waals surface area contributed by atoms with Gasteiger partial charge in [-0.2, -0.15) is 9.78 Å². The maximum atomic E-state index is 13.1. The molecule has 2 heterocycles. The molecule has 2 amide bonds. The number of nitrogens with one attached hydrogen (secondary N) is 1. The van der Waals surface area contributed by atoms with Crippen LogP contribution in [0.1, 0.15) is 30.5 Å². The Kier molecular flexibility index (Phi) is 6.58. The number of likely N-dealkylation sites (N-methyl/N-ethyl adjacent to an activating group) is 1. The normalized spacial score (nSPS) is 15.4. The van der Waals surface area contributed by atoms with Crippen molar-refractivity contribution >= 4 is 17.6 Å². The standard InChI is InChI=1S/C26H25FN4O4/c1-26(2,34)11-10-18-6-9-23-22(13-18)30(3)24(32)21(16-35-23)29-25(33)31-15-19(14-28-31)12-17-4-7-20(27)8-5-17/h4-9,13-15,21,34H,12,16H2,1-3H3,(H,29,33)/t21-/m0/s1. The molecular weight excluding hydrogens is 451 g/mol. The number of ether oxygens (including phenoxy) is 1. The number of aromatic nitrogens is 2. The highest BCUT2D eigenvalue weighted by molar-refractivity contribution is 6.00. The molecule has 8 nitrogen and oxygen atoms in total. The van der Waals surface area contributed by atoms with Gasteiger partial charge in [0.05, 0.1) is 11.9 Å². The van der Waals surface area contributed by atoms with E-state index in [1.165, 1.54) is 17.0 Å². The van der Waals surface area contributed by atoms with E-state index in [9.17, 15) is 19.1 Å². The number of benzene rings is 2. The van der Waals surface area contributed by atoms with Crippen molar-refractivity contribution in [1.82, 2.24) is 15.1 Å². The highest BCUT2D eigenvalue weighted by Gasteiger charge is 2.31. The summed E-state index contributed by atoms with van der Waals surface area (Å²) in [5, 5.41) is 16.6. The maximum absolute atomic E-state index is 13.1.